The molecule has 1 aromatic carbocycles. The molecular weight excluding hydrogens is 340 g/mol. The number of hydrogen-bond donors (Lipinski definition) is 1. The van der Waals surface area contributed by atoms with E-state index in [9.17, 15) is 9.59 Å². The molecule has 132 valence electrons. The van der Waals surface area contributed by atoms with Crippen LogP contribution in [0.1, 0.15) is 46.2 Å². The largest absolute Gasteiger partial charge is 0.452 e. The van der Waals surface area contributed by atoms with Crippen LogP contribution in [-0.2, 0) is 16.1 Å². The highest BCUT2D eigenvalue weighted by molar-refractivity contribution is 6.30. The molecule has 1 aliphatic rings. The first-order valence-corrected chi connectivity index (χ1v) is 8.70. The van der Waals surface area contributed by atoms with Crippen LogP contribution in [0.4, 0.5) is 0 Å². The molecule has 1 N–H and O–H groups in total. The number of nitrogens with one attached hydrogen (secondary N) is 1. The molecule has 0 radical (unpaired) electrons. The van der Waals surface area contributed by atoms with Crippen LogP contribution in [0.3, 0.4) is 0 Å². The smallest absolute Gasteiger partial charge is 0.340 e. The molecule has 1 aliphatic carbocycles. The van der Waals surface area contributed by atoms with Gasteiger partial charge in [0.1, 0.15) is 0 Å². The van der Waals surface area contributed by atoms with Gasteiger partial charge in [0.05, 0.1) is 5.56 Å². The van der Waals surface area contributed by atoms with E-state index in [1.165, 1.54) is 0 Å². The Balaban J connectivity index is 1.52. The van der Waals surface area contributed by atoms with Crippen LogP contribution in [0, 0.1) is 13.8 Å². The van der Waals surface area contributed by atoms with Crippen LogP contribution in [0.5, 0.6) is 0 Å². The van der Waals surface area contributed by atoms with Crippen LogP contribution in [0.15, 0.2) is 30.3 Å². The molecule has 0 saturated heterocycles. The molecule has 2 aromatic rings. The fraction of sp³-hybridized carbons (Fsp3) is 0.368. The summed E-state index contributed by atoms with van der Waals surface area (Å²) in [6, 6.07) is 9.57. The second kappa shape index (κ2) is 7.31. The topological polar surface area (TPSA) is 60.3 Å². The molecule has 1 aromatic heterocycles. The Hall–Kier alpha value is -2.27. The summed E-state index contributed by atoms with van der Waals surface area (Å²) >= 11 is 5.90. The maximum absolute atomic E-state index is 12.3. The minimum atomic E-state index is -0.460. The second-order valence-electron chi connectivity index (χ2n) is 6.37. The summed E-state index contributed by atoms with van der Waals surface area (Å²) in [6.07, 6.45) is 2.30. The number of amides is 1. The summed E-state index contributed by atoms with van der Waals surface area (Å²) in [5.74, 6) is -0.803. The van der Waals surface area contributed by atoms with Gasteiger partial charge >= 0.3 is 5.97 Å². The van der Waals surface area contributed by atoms with Gasteiger partial charge in [-0.05, 0) is 50.5 Å². The van der Waals surface area contributed by atoms with E-state index in [1.807, 2.05) is 32.0 Å². The van der Waals surface area contributed by atoms with Crippen LogP contribution in [0.25, 0.3) is 0 Å². The van der Waals surface area contributed by atoms with Gasteiger partial charge in [-0.15, -0.1) is 0 Å². The Bertz CT molecular complexity index is 809. The molecule has 1 saturated carbocycles. The molecule has 0 bridgehead atoms. The molecule has 0 atom stereocenters. The number of ether oxygens (including phenoxy) is 1. The predicted molar refractivity (Wildman–Crippen MR) is 95.8 cm³/mol. The average molecular weight is 361 g/mol. The Labute approximate surface area is 151 Å². The van der Waals surface area contributed by atoms with E-state index in [1.54, 1.807) is 12.1 Å². The van der Waals surface area contributed by atoms with Crippen molar-refractivity contribution in [3.63, 3.8) is 0 Å². The van der Waals surface area contributed by atoms with Crippen molar-refractivity contribution in [1.82, 2.24) is 9.88 Å². The third kappa shape index (κ3) is 4.23. The highest BCUT2D eigenvalue weighted by Gasteiger charge is 2.28. The number of rotatable bonds is 6. The first-order chi connectivity index (χ1) is 12.0. The number of esters is 1. The molecule has 25 heavy (non-hydrogen) atoms. The summed E-state index contributed by atoms with van der Waals surface area (Å²) < 4.78 is 7.34. The van der Waals surface area contributed by atoms with Crippen molar-refractivity contribution < 1.29 is 14.3 Å². The van der Waals surface area contributed by atoms with E-state index in [0.29, 0.717) is 23.2 Å². The lowest BCUT2D eigenvalue weighted by molar-refractivity contribution is -0.124. The molecule has 6 heteroatoms. The van der Waals surface area contributed by atoms with Crippen LogP contribution < -0.4 is 5.32 Å². The van der Waals surface area contributed by atoms with E-state index in [2.05, 4.69) is 9.88 Å². The monoisotopic (exact) mass is 360 g/mol. The maximum atomic E-state index is 12.3. The summed E-state index contributed by atoms with van der Waals surface area (Å²) in [5, 5.41) is 3.33. The summed E-state index contributed by atoms with van der Waals surface area (Å²) in [6.45, 7) is 3.95. The number of carbonyl (C=O) groups is 2. The van der Waals surface area contributed by atoms with Gasteiger partial charge < -0.3 is 14.6 Å². The van der Waals surface area contributed by atoms with E-state index >= 15 is 0 Å². The number of nitrogens with zero attached hydrogens (tertiary/aromatic N) is 1. The zero-order valence-electron chi connectivity index (χ0n) is 14.3. The van der Waals surface area contributed by atoms with Crippen LogP contribution in [0.2, 0.25) is 5.02 Å². The average Bonchev–Trinajstić information content (AvgIpc) is 3.36. The lowest BCUT2D eigenvalue weighted by atomic mass is 10.2. The molecule has 5 nitrogen and oxygen atoms in total. The maximum Gasteiger partial charge on any atom is 0.340 e. The minimum Gasteiger partial charge on any atom is -0.452 e. The number of halogens is 1. The zero-order chi connectivity index (χ0) is 18.0. The quantitative estimate of drug-likeness (QED) is 0.801. The number of aryl methyl sites for hydroxylation is 1. The van der Waals surface area contributed by atoms with Crippen molar-refractivity contribution >= 4 is 23.5 Å². The van der Waals surface area contributed by atoms with Crippen molar-refractivity contribution in [3.05, 3.63) is 57.9 Å². The van der Waals surface area contributed by atoms with Crippen molar-refractivity contribution in [3.8, 4) is 0 Å². The molecule has 1 fully saturated rings. The predicted octanol–water partition coefficient (Wildman–Crippen LogP) is 3.57. The lowest BCUT2D eigenvalue weighted by Gasteiger charge is -2.08. The van der Waals surface area contributed by atoms with Crippen molar-refractivity contribution in [2.24, 2.45) is 0 Å². The summed E-state index contributed by atoms with van der Waals surface area (Å²) in [5.41, 5.74) is 3.38. The third-order valence-corrected chi connectivity index (χ3v) is 4.56. The Morgan fingerprint density at radius 3 is 2.72 bits per heavy atom. The normalized spacial score (nSPS) is 13.6. The van der Waals surface area contributed by atoms with E-state index in [4.69, 9.17) is 16.3 Å². The van der Waals surface area contributed by atoms with Gasteiger partial charge in [0.15, 0.2) is 6.61 Å². The van der Waals surface area contributed by atoms with Gasteiger partial charge in [0.2, 0.25) is 0 Å². The number of benzene rings is 1. The standard InChI is InChI=1S/C19H21ClN2O3/c1-12-8-17(13(2)22(12)16-6-7-16)19(24)25-11-18(23)21-10-14-4-3-5-15(20)9-14/h3-5,8-9,16H,6-7,10-11H2,1-2H3,(H,21,23). The fourth-order valence-electron chi connectivity index (χ4n) is 2.99. The number of aromatic nitrogens is 1. The summed E-state index contributed by atoms with van der Waals surface area (Å²) in [7, 11) is 0. The lowest BCUT2D eigenvalue weighted by Crippen LogP contribution is -2.28. The van der Waals surface area contributed by atoms with Gasteiger partial charge in [-0.2, -0.15) is 0 Å². The highest BCUT2D eigenvalue weighted by atomic mass is 35.5. The highest BCUT2D eigenvalue weighted by Crippen LogP contribution is 2.38. The molecule has 0 spiro atoms. The Morgan fingerprint density at radius 1 is 1.28 bits per heavy atom. The van der Waals surface area contributed by atoms with Crippen LogP contribution >= 0.6 is 11.6 Å². The van der Waals surface area contributed by atoms with Crippen molar-refractivity contribution in [2.45, 2.75) is 39.3 Å². The SMILES string of the molecule is Cc1cc(C(=O)OCC(=O)NCc2cccc(Cl)c2)c(C)n1C1CC1. The second-order valence-corrected chi connectivity index (χ2v) is 6.81. The molecule has 1 heterocycles. The van der Waals surface area contributed by atoms with Gasteiger partial charge in [0.25, 0.3) is 5.91 Å². The molecule has 3 rings (SSSR count). The first-order valence-electron chi connectivity index (χ1n) is 8.32. The van der Waals surface area contributed by atoms with Crippen LogP contribution in [-0.4, -0.2) is 23.1 Å². The van der Waals surface area contributed by atoms with Gasteiger partial charge in [0, 0.05) is 29.0 Å². The number of carbonyl (C=O) groups excluding carboxylic acids is 2. The van der Waals surface area contributed by atoms with Gasteiger partial charge in [-0.25, -0.2) is 4.79 Å². The van der Waals surface area contributed by atoms with Crippen molar-refractivity contribution in [1.29, 1.82) is 0 Å². The Morgan fingerprint density at radius 2 is 2.04 bits per heavy atom. The van der Waals surface area contributed by atoms with E-state index < -0.39 is 5.97 Å². The third-order valence-electron chi connectivity index (χ3n) is 4.33. The first kappa shape index (κ1) is 17.5. The Kier molecular flexibility index (Phi) is 5.13. The van der Waals surface area contributed by atoms with Gasteiger partial charge in [-0.1, -0.05) is 23.7 Å². The van der Waals surface area contributed by atoms with Crippen molar-refractivity contribution in [2.75, 3.05) is 6.61 Å². The molecular formula is C19H21ClN2O3. The van der Waals surface area contributed by atoms with Gasteiger partial charge in [-0.3, -0.25) is 4.79 Å². The molecule has 1 amide bonds. The van der Waals surface area contributed by atoms with E-state index in [-0.39, 0.29) is 12.5 Å². The molecule has 0 unspecified atom stereocenters. The minimum absolute atomic E-state index is 0.299. The van der Waals surface area contributed by atoms with E-state index in [0.717, 1.165) is 29.8 Å². The zero-order valence-corrected chi connectivity index (χ0v) is 15.1. The molecule has 0 aliphatic heterocycles. The fourth-order valence-corrected chi connectivity index (χ4v) is 3.20. The number of hydrogen-bond acceptors (Lipinski definition) is 3. The summed E-state index contributed by atoms with van der Waals surface area (Å²) in [4.78, 5) is 24.2.